The number of morpholine rings is 1. The first-order valence-electron chi connectivity index (χ1n) is 4.02. The third-order valence-electron chi connectivity index (χ3n) is 1.87. The molecule has 0 saturated carbocycles. The van der Waals surface area contributed by atoms with E-state index in [4.69, 9.17) is 4.74 Å². The summed E-state index contributed by atoms with van der Waals surface area (Å²) in [6.45, 7) is 2.22. The van der Waals surface area contributed by atoms with E-state index in [9.17, 15) is 4.79 Å². The molecule has 1 aliphatic heterocycles. The van der Waals surface area contributed by atoms with Crippen LogP contribution in [0.25, 0.3) is 0 Å². The van der Waals surface area contributed by atoms with Gasteiger partial charge in [-0.15, -0.1) is 0 Å². The zero-order valence-electron chi connectivity index (χ0n) is 7.46. The first-order chi connectivity index (χ1) is 5.75. The van der Waals surface area contributed by atoms with E-state index in [1.54, 1.807) is 19.0 Å². The van der Waals surface area contributed by atoms with Gasteiger partial charge >= 0.3 is 6.03 Å². The molecule has 2 amide bonds. The van der Waals surface area contributed by atoms with Crippen molar-refractivity contribution in [3.05, 3.63) is 0 Å². The highest BCUT2D eigenvalue weighted by molar-refractivity contribution is 5.73. The molecule has 5 heteroatoms. The zero-order valence-corrected chi connectivity index (χ0v) is 7.46. The second-order valence-corrected chi connectivity index (χ2v) is 2.70. The monoisotopic (exact) mass is 173 g/mol. The van der Waals surface area contributed by atoms with Gasteiger partial charge in [0.05, 0.1) is 6.61 Å². The number of carbonyl (C=O) groups excluding carboxylic acids is 1. The van der Waals surface area contributed by atoms with E-state index in [0.29, 0.717) is 13.2 Å². The summed E-state index contributed by atoms with van der Waals surface area (Å²) in [7, 11) is 3.32. The van der Waals surface area contributed by atoms with Crippen LogP contribution in [0.1, 0.15) is 0 Å². The highest BCUT2D eigenvalue weighted by Gasteiger charge is 2.21. The maximum Gasteiger partial charge on any atom is 0.318 e. The smallest absolute Gasteiger partial charge is 0.318 e. The molecule has 0 radical (unpaired) electrons. The molecule has 0 aromatic heterocycles. The summed E-state index contributed by atoms with van der Waals surface area (Å²) in [5.41, 5.74) is 0. The molecule has 1 unspecified atom stereocenters. The van der Waals surface area contributed by atoms with E-state index < -0.39 is 0 Å². The van der Waals surface area contributed by atoms with Crippen LogP contribution in [0.15, 0.2) is 0 Å². The minimum atomic E-state index is -0.140. The largest absolute Gasteiger partial charge is 0.356 e. The van der Waals surface area contributed by atoms with Crippen LogP contribution in [0.4, 0.5) is 4.79 Å². The second-order valence-electron chi connectivity index (χ2n) is 2.70. The lowest BCUT2D eigenvalue weighted by molar-refractivity contribution is -0.0448. The van der Waals surface area contributed by atoms with Crippen LogP contribution < -0.4 is 10.6 Å². The SMILES string of the molecule is CNC(=O)N(C)C1CNCCO1. The summed E-state index contributed by atoms with van der Waals surface area (Å²) in [4.78, 5) is 12.7. The van der Waals surface area contributed by atoms with Crippen molar-refractivity contribution in [3.8, 4) is 0 Å². The lowest BCUT2D eigenvalue weighted by atomic mass is 10.4. The molecule has 2 N–H and O–H groups in total. The van der Waals surface area contributed by atoms with Gasteiger partial charge in [-0.1, -0.05) is 0 Å². The third-order valence-corrected chi connectivity index (χ3v) is 1.87. The van der Waals surface area contributed by atoms with Gasteiger partial charge < -0.3 is 20.3 Å². The normalized spacial score (nSPS) is 23.3. The Morgan fingerprint density at radius 2 is 2.50 bits per heavy atom. The highest BCUT2D eigenvalue weighted by atomic mass is 16.5. The van der Waals surface area contributed by atoms with Crippen LogP contribution in [0, 0.1) is 0 Å². The Labute approximate surface area is 72.1 Å². The minimum Gasteiger partial charge on any atom is -0.356 e. The summed E-state index contributed by atoms with van der Waals surface area (Å²) in [5, 5.41) is 5.69. The van der Waals surface area contributed by atoms with Crippen molar-refractivity contribution in [1.29, 1.82) is 0 Å². The number of hydrogen-bond acceptors (Lipinski definition) is 3. The van der Waals surface area contributed by atoms with Gasteiger partial charge in [-0.2, -0.15) is 0 Å². The number of nitrogens with zero attached hydrogens (tertiary/aromatic N) is 1. The number of nitrogens with one attached hydrogen (secondary N) is 2. The molecule has 1 aliphatic rings. The lowest BCUT2D eigenvalue weighted by Crippen LogP contribution is -2.51. The molecule has 0 bridgehead atoms. The van der Waals surface area contributed by atoms with E-state index in [0.717, 1.165) is 6.54 Å². The molecule has 12 heavy (non-hydrogen) atoms. The van der Waals surface area contributed by atoms with Gasteiger partial charge in [0, 0.05) is 27.2 Å². The van der Waals surface area contributed by atoms with Crippen LogP contribution in [0.2, 0.25) is 0 Å². The molecular weight excluding hydrogens is 158 g/mol. The first-order valence-corrected chi connectivity index (χ1v) is 4.02. The number of likely N-dealkylation sites (N-methyl/N-ethyl adjacent to an activating group) is 1. The second kappa shape index (κ2) is 4.27. The van der Waals surface area contributed by atoms with Crippen molar-refractivity contribution in [2.75, 3.05) is 33.8 Å². The van der Waals surface area contributed by atoms with Crippen molar-refractivity contribution in [2.24, 2.45) is 0 Å². The predicted octanol–water partition coefficient (Wildman–Crippen LogP) is -0.796. The number of urea groups is 1. The minimum absolute atomic E-state index is 0.122. The Balaban J connectivity index is 2.39. The molecule has 0 aromatic rings. The molecule has 1 saturated heterocycles. The molecule has 1 fully saturated rings. The van der Waals surface area contributed by atoms with Crippen LogP contribution >= 0.6 is 0 Å². The fourth-order valence-electron chi connectivity index (χ4n) is 1.11. The fourth-order valence-corrected chi connectivity index (χ4v) is 1.11. The zero-order chi connectivity index (χ0) is 8.97. The van der Waals surface area contributed by atoms with Crippen LogP contribution in [0.5, 0.6) is 0 Å². The van der Waals surface area contributed by atoms with Crippen molar-refractivity contribution in [2.45, 2.75) is 6.23 Å². The van der Waals surface area contributed by atoms with Gasteiger partial charge in [-0.3, -0.25) is 0 Å². The van der Waals surface area contributed by atoms with E-state index in [2.05, 4.69) is 10.6 Å². The molecule has 0 spiro atoms. The Kier molecular flexibility index (Phi) is 3.31. The summed E-state index contributed by atoms with van der Waals surface area (Å²) >= 11 is 0. The van der Waals surface area contributed by atoms with Crippen molar-refractivity contribution < 1.29 is 9.53 Å². The van der Waals surface area contributed by atoms with Gasteiger partial charge in [0.2, 0.25) is 0 Å². The average Bonchev–Trinajstić information content (AvgIpc) is 2.17. The molecule has 5 nitrogen and oxygen atoms in total. The van der Waals surface area contributed by atoms with Crippen molar-refractivity contribution >= 4 is 6.03 Å². The molecule has 1 heterocycles. The fraction of sp³-hybridized carbons (Fsp3) is 0.857. The number of amides is 2. The third kappa shape index (κ3) is 2.09. The van der Waals surface area contributed by atoms with E-state index in [1.807, 2.05) is 0 Å². The number of rotatable bonds is 1. The molecule has 1 rings (SSSR count). The summed E-state index contributed by atoms with van der Waals surface area (Å²) in [6.07, 6.45) is -0.140. The molecular formula is C7H15N3O2. The maximum atomic E-state index is 11.1. The quantitative estimate of drug-likeness (QED) is 0.546. The van der Waals surface area contributed by atoms with Crippen molar-refractivity contribution in [3.63, 3.8) is 0 Å². The van der Waals surface area contributed by atoms with Crippen LogP contribution in [0.3, 0.4) is 0 Å². The molecule has 0 aliphatic carbocycles. The maximum absolute atomic E-state index is 11.1. The summed E-state index contributed by atoms with van der Waals surface area (Å²) in [5.74, 6) is 0. The Morgan fingerprint density at radius 1 is 1.75 bits per heavy atom. The molecule has 0 aromatic carbocycles. The van der Waals surface area contributed by atoms with Crippen LogP contribution in [-0.4, -0.2) is 51.0 Å². The average molecular weight is 173 g/mol. The number of ether oxygens (including phenoxy) is 1. The molecule has 70 valence electrons. The van der Waals surface area contributed by atoms with Gasteiger partial charge in [0.1, 0.15) is 6.23 Å². The summed E-state index contributed by atoms with van der Waals surface area (Å²) in [6, 6.07) is -0.122. The number of carbonyl (C=O) groups is 1. The van der Waals surface area contributed by atoms with E-state index in [1.165, 1.54) is 0 Å². The lowest BCUT2D eigenvalue weighted by Gasteiger charge is -2.31. The van der Waals surface area contributed by atoms with Crippen molar-refractivity contribution in [1.82, 2.24) is 15.5 Å². The molecule has 1 atom stereocenters. The standard InChI is InChI=1S/C7H15N3O2/c1-8-7(11)10(2)6-5-9-3-4-12-6/h6,9H,3-5H2,1-2H3,(H,8,11). The van der Waals surface area contributed by atoms with Gasteiger partial charge in [0.25, 0.3) is 0 Å². The highest BCUT2D eigenvalue weighted by Crippen LogP contribution is 2.00. The Morgan fingerprint density at radius 3 is 3.00 bits per heavy atom. The van der Waals surface area contributed by atoms with Gasteiger partial charge in [0.15, 0.2) is 0 Å². The van der Waals surface area contributed by atoms with Crippen LogP contribution in [-0.2, 0) is 4.74 Å². The van der Waals surface area contributed by atoms with E-state index >= 15 is 0 Å². The van der Waals surface area contributed by atoms with Gasteiger partial charge in [-0.25, -0.2) is 4.79 Å². The predicted molar refractivity (Wildman–Crippen MR) is 44.8 cm³/mol. The van der Waals surface area contributed by atoms with E-state index in [-0.39, 0.29) is 12.3 Å². The Bertz CT molecular complexity index is 157. The first kappa shape index (κ1) is 9.28. The topological polar surface area (TPSA) is 53.6 Å². The number of hydrogen-bond donors (Lipinski definition) is 2. The summed E-state index contributed by atoms with van der Waals surface area (Å²) < 4.78 is 5.37. The Hall–Kier alpha value is -0.810. The van der Waals surface area contributed by atoms with Gasteiger partial charge in [-0.05, 0) is 0 Å².